The molecule has 98 valence electrons. The van der Waals surface area contributed by atoms with Crippen molar-refractivity contribution in [2.24, 2.45) is 0 Å². The first-order valence-electron chi connectivity index (χ1n) is 6.80. The van der Waals surface area contributed by atoms with Crippen molar-refractivity contribution in [3.63, 3.8) is 0 Å². The van der Waals surface area contributed by atoms with Gasteiger partial charge in [-0.05, 0) is 13.3 Å². The molecule has 0 saturated heterocycles. The van der Waals surface area contributed by atoms with Gasteiger partial charge in [-0.1, -0.05) is 51.9 Å². The summed E-state index contributed by atoms with van der Waals surface area (Å²) in [6.07, 6.45) is 10.2. The fraction of sp³-hybridized carbons (Fsp3) is 1.00. The van der Waals surface area contributed by atoms with E-state index in [4.69, 9.17) is 9.94 Å². The first-order chi connectivity index (χ1) is 7.77. The van der Waals surface area contributed by atoms with E-state index in [1.165, 1.54) is 44.9 Å². The van der Waals surface area contributed by atoms with Crippen molar-refractivity contribution in [2.45, 2.75) is 71.3 Å². The van der Waals surface area contributed by atoms with Gasteiger partial charge in [-0.25, -0.2) is 5.48 Å². The molecule has 0 aliphatic heterocycles. The standard InChI is InChI=1S/C13H29NO2/c1-3-4-5-6-7-8-9-10-11-14-16-12-13(2)15/h13-15H,3-12H2,1-2H3. The normalized spacial score (nSPS) is 12.9. The van der Waals surface area contributed by atoms with E-state index in [1.807, 2.05) is 0 Å². The minimum absolute atomic E-state index is 0.372. The zero-order chi connectivity index (χ0) is 12.1. The molecule has 0 aromatic rings. The summed E-state index contributed by atoms with van der Waals surface area (Å²) >= 11 is 0. The van der Waals surface area contributed by atoms with Crippen LogP contribution >= 0.6 is 0 Å². The third kappa shape index (κ3) is 13.9. The summed E-state index contributed by atoms with van der Waals surface area (Å²) < 4.78 is 0. The van der Waals surface area contributed by atoms with Crippen LogP contribution in [0.25, 0.3) is 0 Å². The van der Waals surface area contributed by atoms with Crippen molar-refractivity contribution in [3.05, 3.63) is 0 Å². The first kappa shape index (κ1) is 15.9. The van der Waals surface area contributed by atoms with Crippen molar-refractivity contribution in [1.29, 1.82) is 0 Å². The van der Waals surface area contributed by atoms with Crippen LogP contribution in [0.5, 0.6) is 0 Å². The zero-order valence-corrected chi connectivity index (χ0v) is 11.0. The highest BCUT2D eigenvalue weighted by molar-refractivity contribution is 4.47. The minimum Gasteiger partial charge on any atom is -0.391 e. The van der Waals surface area contributed by atoms with E-state index in [-0.39, 0.29) is 6.10 Å². The molecular weight excluding hydrogens is 202 g/mol. The largest absolute Gasteiger partial charge is 0.391 e. The van der Waals surface area contributed by atoms with Crippen LogP contribution in [-0.4, -0.2) is 24.4 Å². The Labute approximate surface area is 101 Å². The third-order valence-corrected chi connectivity index (χ3v) is 2.56. The molecule has 1 atom stereocenters. The average molecular weight is 231 g/mol. The molecule has 0 heterocycles. The van der Waals surface area contributed by atoms with Gasteiger partial charge in [0.2, 0.25) is 0 Å². The van der Waals surface area contributed by atoms with Gasteiger partial charge in [-0.15, -0.1) is 0 Å². The Morgan fingerprint density at radius 1 is 1.00 bits per heavy atom. The van der Waals surface area contributed by atoms with Crippen molar-refractivity contribution < 1.29 is 9.94 Å². The fourth-order valence-corrected chi connectivity index (χ4v) is 1.58. The highest BCUT2D eigenvalue weighted by Crippen LogP contribution is 2.07. The molecule has 1 unspecified atom stereocenters. The Kier molecular flexibility index (Phi) is 12.9. The molecule has 0 aliphatic carbocycles. The first-order valence-corrected chi connectivity index (χ1v) is 6.80. The number of rotatable bonds is 12. The monoisotopic (exact) mass is 231 g/mol. The van der Waals surface area contributed by atoms with Gasteiger partial charge in [0.15, 0.2) is 0 Å². The van der Waals surface area contributed by atoms with Gasteiger partial charge in [0.05, 0.1) is 12.7 Å². The highest BCUT2D eigenvalue weighted by atomic mass is 16.6. The van der Waals surface area contributed by atoms with Crippen LogP contribution in [0.4, 0.5) is 0 Å². The molecule has 3 heteroatoms. The lowest BCUT2D eigenvalue weighted by atomic mass is 10.1. The number of aliphatic hydroxyl groups excluding tert-OH is 1. The lowest BCUT2D eigenvalue weighted by Gasteiger charge is -2.07. The minimum atomic E-state index is -0.383. The summed E-state index contributed by atoms with van der Waals surface area (Å²) in [5, 5.41) is 8.93. The van der Waals surface area contributed by atoms with Crippen molar-refractivity contribution >= 4 is 0 Å². The molecule has 0 aromatic carbocycles. The number of hydroxylamine groups is 1. The van der Waals surface area contributed by atoms with Crippen LogP contribution in [0.2, 0.25) is 0 Å². The van der Waals surface area contributed by atoms with E-state index in [0.29, 0.717) is 6.61 Å². The van der Waals surface area contributed by atoms with Crippen molar-refractivity contribution in [1.82, 2.24) is 5.48 Å². The summed E-state index contributed by atoms with van der Waals surface area (Å²) in [6, 6.07) is 0. The molecule has 0 rings (SSSR count). The lowest BCUT2D eigenvalue weighted by molar-refractivity contribution is -0.0131. The zero-order valence-electron chi connectivity index (χ0n) is 11.0. The Bertz CT molecular complexity index is 129. The summed E-state index contributed by atoms with van der Waals surface area (Å²) in [5.41, 5.74) is 2.87. The van der Waals surface area contributed by atoms with Gasteiger partial charge < -0.3 is 5.11 Å². The smallest absolute Gasteiger partial charge is 0.0938 e. The molecule has 0 bridgehead atoms. The second-order valence-corrected chi connectivity index (χ2v) is 4.53. The van der Waals surface area contributed by atoms with Crippen molar-refractivity contribution in [3.8, 4) is 0 Å². The predicted molar refractivity (Wildman–Crippen MR) is 68.2 cm³/mol. The quantitative estimate of drug-likeness (QED) is 0.401. The second-order valence-electron chi connectivity index (χ2n) is 4.53. The average Bonchev–Trinajstić information content (AvgIpc) is 2.25. The number of unbranched alkanes of at least 4 members (excludes halogenated alkanes) is 7. The molecule has 0 aromatic heterocycles. The molecule has 0 amide bonds. The van der Waals surface area contributed by atoms with Crippen LogP contribution in [0.1, 0.15) is 65.2 Å². The summed E-state index contributed by atoms with van der Waals surface area (Å²) in [7, 11) is 0. The topological polar surface area (TPSA) is 41.5 Å². The van der Waals surface area contributed by atoms with Crippen LogP contribution in [0.15, 0.2) is 0 Å². The summed E-state index contributed by atoms with van der Waals surface area (Å²) in [6.45, 7) is 5.23. The molecule has 0 fully saturated rings. The Balaban J connectivity index is 2.88. The molecule has 0 radical (unpaired) electrons. The molecule has 2 N–H and O–H groups in total. The third-order valence-electron chi connectivity index (χ3n) is 2.56. The second kappa shape index (κ2) is 12.9. The van der Waals surface area contributed by atoms with Gasteiger partial charge in [-0.3, -0.25) is 4.84 Å². The predicted octanol–water partition coefficient (Wildman–Crippen LogP) is 3.03. The highest BCUT2D eigenvalue weighted by Gasteiger charge is 1.95. The van der Waals surface area contributed by atoms with E-state index < -0.39 is 0 Å². The van der Waals surface area contributed by atoms with E-state index in [2.05, 4.69) is 12.4 Å². The Morgan fingerprint density at radius 2 is 1.56 bits per heavy atom. The molecular formula is C13H29NO2. The fourth-order valence-electron chi connectivity index (χ4n) is 1.58. The van der Waals surface area contributed by atoms with E-state index in [9.17, 15) is 0 Å². The Hall–Kier alpha value is -0.120. The summed E-state index contributed by atoms with van der Waals surface area (Å²) in [4.78, 5) is 5.05. The molecule has 0 spiro atoms. The van der Waals surface area contributed by atoms with Crippen molar-refractivity contribution in [2.75, 3.05) is 13.2 Å². The molecule has 0 aliphatic rings. The van der Waals surface area contributed by atoms with Gasteiger partial charge in [0, 0.05) is 6.54 Å². The molecule has 16 heavy (non-hydrogen) atoms. The maximum Gasteiger partial charge on any atom is 0.0938 e. The maximum absolute atomic E-state index is 8.93. The van der Waals surface area contributed by atoms with Gasteiger partial charge in [0.25, 0.3) is 0 Å². The number of hydrogen-bond acceptors (Lipinski definition) is 3. The van der Waals surface area contributed by atoms with E-state index in [0.717, 1.165) is 13.0 Å². The lowest BCUT2D eigenvalue weighted by Crippen LogP contribution is -2.21. The van der Waals surface area contributed by atoms with Crippen LogP contribution in [-0.2, 0) is 4.84 Å². The van der Waals surface area contributed by atoms with E-state index in [1.54, 1.807) is 6.92 Å². The number of aliphatic hydroxyl groups is 1. The van der Waals surface area contributed by atoms with Crippen LogP contribution in [0.3, 0.4) is 0 Å². The van der Waals surface area contributed by atoms with Gasteiger partial charge >= 0.3 is 0 Å². The summed E-state index contributed by atoms with van der Waals surface area (Å²) in [5.74, 6) is 0. The number of hydrogen-bond donors (Lipinski definition) is 2. The van der Waals surface area contributed by atoms with Gasteiger partial charge in [0.1, 0.15) is 0 Å². The molecule has 0 saturated carbocycles. The van der Waals surface area contributed by atoms with Crippen LogP contribution < -0.4 is 5.48 Å². The molecule has 3 nitrogen and oxygen atoms in total. The SMILES string of the molecule is CCCCCCCCCCNOCC(C)O. The Morgan fingerprint density at radius 3 is 2.12 bits per heavy atom. The number of nitrogens with one attached hydrogen (secondary N) is 1. The maximum atomic E-state index is 8.93. The van der Waals surface area contributed by atoms with Crippen LogP contribution in [0, 0.1) is 0 Å². The van der Waals surface area contributed by atoms with Gasteiger partial charge in [-0.2, -0.15) is 0 Å². The van der Waals surface area contributed by atoms with E-state index >= 15 is 0 Å².